The van der Waals surface area contributed by atoms with E-state index >= 15 is 0 Å². The van der Waals surface area contributed by atoms with Crippen LogP contribution in [-0.4, -0.2) is 42.1 Å². The SMILES string of the molecule is COc1ccc(Br)c(C(=O)N(CC(=O)O)CC2CC2)c1. The summed E-state index contributed by atoms with van der Waals surface area (Å²) in [6, 6.07) is 5.08. The minimum Gasteiger partial charge on any atom is -0.497 e. The molecule has 5 nitrogen and oxygen atoms in total. The number of nitrogens with zero attached hydrogens (tertiary/aromatic N) is 1. The van der Waals surface area contributed by atoms with E-state index in [0.717, 1.165) is 12.8 Å². The number of aliphatic carboxylic acids is 1. The van der Waals surface area contributed by atoms with Crippen molar-refractivity contribution in [1.29, 1.82) is 0 Å². The number of carboxylic acids is 1. The van der Waals surface area contributed by atoms with Crippen LogP contribution in [0, 0.1) is 5.92 Å². The molecule has 0 spiro atoms. The third kappa shape index (κ3) is 3.72. The summed E-state index contributed by atoms with van der Waals surface area (Å²) >= 11 is 3.33. The van der Waals surface area contributed by atoms with Crippen LogP contribution in [0.5, 0.6) is 5.75 Å². The number of halogens is 1. The first-order chi connectivity index (χ1) is 9.51. The fourth-order valence-corrected chi connectivity index (χ4v) is 2.38. The number of hydrogen-bond donors (Lipinski definition) is 1. The van der Waals surface area contributed by atoms with Gasteiger partial charge >= 0.3 is 5.97 Å². The van der Waals surface area contributed by atoms with Gasteiger partial charge in [0.05, 0.1) is 12.7 Å². The van der Waals surface area contributed by atoms with Gasteiger partial charge in [-0.05, 0) is 52.9 Å². The Balaban J connectivity index is 2.22. The number of rotatable bonds is 6. The Bertz CT molecular complexity index is 528. The van der Waals surface area contributed by atoms with E-state index < -0.39 is 5.97 Å². The first kappa shape index (κ1) is 14.8. The molecule has 1 aliphatic rings. The topological polar surface area (TPSA) is 66.8 Å². The number of ether oxygens (including phenoxy) is 1. The van der Waals surface area contributed by atoms with Gasteiger partial charge in [-0.1, -0.05) is 0 Å². The van der Waals surface area contributed by atoms with Gasteiger partial charge < -0.3 is 14.7 Å². The van der Waals surface area contributed by atoms with Crippen LogP contribution in [0.15, 0.2) is 22.7 Å². The zero-order chi connectivity index (χ0) is 14.7. The molecule has 1 saturated carbocycles. The zero-order valence-electron chi connectivity index (χ0n) is 11.1. The van der Waals surface area contributed by atoms with E-state index in [9.17, 15) is 9.59 Å². The summed E-state index contributed by atoms with van der Waals surface area (Å²) in [4.78, 5) is 24.8. The van der Waals surface area contributed by atoms with Crippen molar-refractivity contribution in [3.05, 3.63) is 28.2 Å². The predicted molar refractivity (Wildman–Crippen MR) is 77.0 cm³/mol. The summed E-state index contributed by atoms with van der Waals surface area (Å²) in [6.45, 7) is 0.216. The van der Waals surface area contributed by atoms with Crippen molar-refractivity contribution in [3.63, 3.8) is 0 Å². The molecule has 1 aliphatic carbocycles. The van der Waals surface area contributed by atoms with Gasteiger partial charge in [-0.15, -0.1) is 0 Å². The third-order valence-corrected chi connectivity index (χ3v) is 3.88. The molecule has 0 unspecified atom stereocenters. The molecule has 0 heterocycles. The summed E-state index contributed by atoms with van der Waals surface area (Å²) in [5.41, 5.74) is 0.422. The molecular formula is C14H16BrNO4. The van der Waals surface area contributed by atoms with Crippen molar-refractivity contribution < 1.29 is 19.4 Å². The van der Waals surface area contributed by atoms with E-state index in [2.05, 4.69) is 15.9 Å². The van der Waals surface area contributed by atoms with Crippen molar-refractivity contribution in [2.75, 3.05) is 20.2 Å². The molecule has 0 aromatic heterocycles. The Kier molecular flexibility index (Phi) is 4.65. The van der Waals surface area contributed by atoms with Gasteiger partial charge in [-0.3, -0.25) is 9.59 Å². The molecule has 0 aliphatic heterocycles. The van der Waals surface area contributed by atoms with Gasteiger partial charge in [-0.25, -0.2) is 0 Å². The van der Waals surface area contributed by atoms with Crippen LogP contribution in [0.1, 0.15) is 23.2 Å². The lowest BCUT2D eigenvalue weighted by atomic mass is 10.1. The molecule has 1 amide bonds. The Morgan fingerprint density at radius 3 is 2.70 bits per heavy atom. The molecule has 2 rings (SSSR count). The Morgan fingerprint density at radius 1 is 1.45 bits per heavy atom. The highest BCUT2D eigenvalue weighted by molar-refractivity contribution is 9.10. The van der Waals surface area contributed by atoms with Crippen LogP contribution >= 0.6 is 15.9 Å². The Hall–Kier alpha value is -1.56. The second-order valence-electron chi connectivity index (χ2n) is 4.87. The lowest BCUT2D eigenvalue weighted by Crippen LogP contribution is -2.37. The standard InChI is InChI=1S/C14H16BrNO4/c1-20-10-4-5-12(15)11(6-10)14(19)16(8-13(17)18)7-9-2-3-9/h4-6,9H,2-3,7-8H2,1H3,(H,17,18). The quantitative estimate of drug-likeness (QED) is 0.862. The largest absolute Gasteiger partial charge is 0.497 e. The molecule has 1 aromatic rings. The predicted octanol–water partition coefficient (Wildman–Crippen LogP) is 2.39. The molecule has 1 aromatic carbocycles. The van der Waals surface area contributed by atoms with Crippen LogP contribution in [-0.2, 0) is 4.79 Å². The molecule has 0 atom stereocenters. The first-order valence-corrected chi connectivity index (χ1v) is 7.15. The maximum atomic E-state index is 12.5. The molecular weight excluding hydrogens is 326 g/mol. The molecule has 0 radical (unpaired) electrons. The fourth-order valence-electron chi connectivity index (χ4n) is 1.96. The summed E-state index contributed by atoms with van der Waals surface area (Å²) < 4.78 is 5.74. The number of hydrogen-bond acceptors (Lipinski definition) is 3. The number of benzene rings is 1. The van der Waals surface area contributed by atoms with Crippen LogP contribution < -0.4 is 4.74 Å². The lowest BCUT2D eigenvalue weighted by Gasteiger charge is -2.21. The molecule has 1 N–H and O–H groups in total. The second-order valence-corrected chi connectivity index (χ2v) is 5.72. The van der Waals surface area contributed by atoms with Crippen LogP contribution in [0.4, 0.5) is 0 Å². The Labute approximate surface area is 125 Å². The third-order valence-electron chi connectivity index (χ3n) is 3.19. The van der Waals surface area contributed by atoms with Crippen molar-refractivity contribution in [2.24, 2.45) is 5.92 Å². The average Bonchev–Trinajstić information content (AvgIpc) is 3.21. The highest BCUT2D eigenvalue weighted by Gasteiger charge is 2.29. The normalized spacial score (nSPS) is 13.9. The van der Waals surface area contributed by atoms with Gasteiger partial charge in [-0.2, -0.15) is 0 Å². The number of carbonyl (C=O) groups is 2. The molecule has 6 heteroatoms. The smallest absolute Gasteiger partial charge is 0.323 e. The summed E-state index contributed by atoms with van der Waals surface area (Å²) in [7, 11) is 1.52. The first-order valence-electron chi connectivity index (χ1n) is 6.36. The number of amides is 1. The maximum Gasteiger partial charge on any atom is 0.323 e. The lowest BCUT2D eigenvalue weighted by molar-refractivity contribution is -0.137. The summed E-state index contributed by atoms with van der Waals surface area (Å²) in [5, 5.41) is 8.95. The van der Waals surface area contributed by atoms with E-state index in [4.69, 9.17) is 9.84 Å². The molecule has 108 valence electrons. The van der Waals surface area contributed by atoms with E-state index in [1.165, 1.54) is 12.0 Å². The van der Waals surface area contributed by atoms with Crippen LogP contribution in [0.25, 0.3) is 0 Å². The van der Waals surface area contributed by atoms with E-state index in [1.807, 2.05) is 0 Å². The van der Waals surface area contributed by atoms with Crippen LogP contribution in [0.3, 0.4) is 0 Å². The average molecular weight is 342 g/mol. The van der Waals surface area contributed by atoms with Crippen LogP contribution in [0.2, 0.25) is 0 Å². The molecule has 0 saturated heterocycles. The van der Waals surface area contributed by atoms with Crippen molar-refractivity contribution in [1.82, 2.24) is 4.90 Å². The number of methoxy groups -OCH3 is 1. The highest BCUT2D eigenvalue weighted by Crippen LogP contribution is 2.31. The van der Waals surface area contributed by atoms with Crippen molar-refractivity contribution >= 4 is 27.8 Å². The van der Waals surface area contributed by atoms with Gasteiger partial charge in [0.15, 0.2) is 0 Å². The van der Waals surface area contributed by atoms with E-state index in [0.29, 0.717) is 28.2 Å². The van der Waals surface area contributed by atoms with Gasteiger partial charge in [0.25, 0.3) is 5.91 Å². The number of carboxylic acid groups (broad SMARTS) is 1. The highest BCUT2D eigenvalue weighted by atomic mass is 79.9. The molecule has 0 bridgehead atoms. The minimum absolute atomic E-state index is 0.279. The Morgan fingerprint density at radius 2 is 2.15 bits per heavy atom. The molecule has 1 fully saturated rings. The van der Waals surface area contributed by atoms with E-state index in [-0.39, 0.29) is 12.5 Å². The van der Waals surface area contributed by atoms with Gasteiger partial charge in [0, 0.05) is 11.0 Å². The maximum absolute atomic E-state index is 12.5. The molecule has 20 heavy (non-hydrogen) atoms. The van der Waals surface area contributed by atoms with Gasteiger partial charge in [0.1, 0.15) is 12.3 Å². The fraction of sp³-hybridized carbons (Fsp3) is 0.429. The zero-order valence-corrected chi connectivity index (χ0v) is 12.7. The van der Waals surface area contributed by atoms with Gasteiger partial charge in [0.2, 0.25) is 0 Å². The summed E-state index contributed by atoms with van der Waals surface area (Å²) in [5.74, 6) is -0.288. The summed E-state index contributed by atoms with van der Waals surface area (Å²) in [6.07, 6.45) is 2.12. The number of carbonyl (C=O) groups excluding carboxylic acids is 1. The van der Waals surface area contributed by atoms with Crippen molar-refractivity contribution in [2.45, 2.75) is 12.8 Å². The monoisotopic (exact) mass is 341 g/mol. The van der Waals surface area contributed by atoms with Crippen molar-refractivity contribution in [3.8, 4) is 5.75 Å². The van der Waals surface area contributed by atoms with E-state index in [1.54, 1.807) is 18.2 Å². The second kappa shape index (κ2) is 6.26. The minimum atomic E-state index is -1.00.